The molecule has 1 aromatic heterocycles. The molecule has 2 aliphatic rings. The van der Waals surface area contributed by atoms with Crippen LogP contribution in [-0.4, -0.2) is 0 Å². The van der Waals surface area contributed by atoms with Crippen LogP contribution in [0.25, 0.3) is 22.3 Å². The summed E-state index contributed by atoms with van der Waals surface area (Å²) in [6.07, 6.45) is 0. The van der Waals surface area contributed by atoms with E-state index < -0.39 is 0 Å². The van der Waals surface area contributed by atoms with E-state index in [1.54, 1.807) is 0 Å². The van der Waals surface area contributed by atoms with Crippen LogP contribution >= 0.6 is 0 Å². The van der Waals surface area contributed by atoms with Gasteiger partial charge in [0, 0.05) is 26.0 Å². The maximum absolute atomic E-state index is 2.38. The molecule has 0 fully saturated rings. The molecular formula is C23H28N+. The molecule has 0 aliphatic heterocycles. The maximum Gasteiger partial charge on any atom is 0.178 e. The van der Waals surface area contributed by atoms with Crippen LogP contribution in [0.15, 0.2) is 42.5 Å². The standard InChI is InChI=1S/C23H28N/c1-15-8-10-18-14-21(23(4,5)6)22(20(18)11-9-15)19-12-16(2)24(7)17(3)13-19/h8-14H,1-7H3/q+1. The molecule has 0 amide bonds. The Bertz CT molecular complexity index is 858. The van der Waals surface area contributed by atoms with Gasteiger partial charge in [0.05, 0.1) is 0 Å². The monoisotopic (exact) mass is 318 g/mol. The van der Waals surface area contributed by atoms with Gasteiger partial charge in [0.25, 0.3) is 0 Å². The third-order valence-electron chi connectivity index (χ3n) is 5.07. The molecule has 0 atom stereocenters. The van der Waals surface area contributed by atoms with Crippen LogP contribution < -0.4 is 4.57 Å². The lowest BCUT2D eigenvalue weighted by Gasteiger charge is -2.20. The van der Waals surface area contributed by atoms with Gasteiger partial charge in [-0.25, -0.2) is 4.57 Å². The highest BCUT2D eigenvalue weighted by molar-refractivity contribution is 5.90. The summed E-state index contributed by atoms with van der Waals surface area (Å²) in [5, 5.41) is 0. The van der Waals surface area contributed by atoms with Gasteiger partial charge < -0.3 is 0 Å². The average molecular weight is 318 g/mol. The maximum atomic E-state index is 2.38. The Balaban J connectivity index is 2.39. The number of aryl methyl sites for hydroxylation is 3. The van der Waals surface area contributed by atoms with Crippen molar-refractivity contribution in [2.45, 2.75) is 47.0 Å². The molecule has 124 valence electrons. The Hall–Kier alpha value is -2.15. The van der Waals surface area contributed by atoms with Crippen LogP contribution in [0, 0.1) is 20.8 Å². The molecule has 1 aromatic rings. The molecule has 1 nitrogen and oxygen atoms in total. The zero-order valence-electron chi connectivity index (χ0n) is 16.0. The minimum atomic E-state index is 0.113. The lowest BCUT2D eigenvalue weighted by molar-refractivity contribution is -0.683. The molecule has 0 bridgehead atoms. The summed E-state index contributed by atoms with van der Waals surface area (Å²) in [6, 6.07) is 16.0. The average Bonchev–Trinajstić information content (AvgIpc) is 2.77. The number of fused-ring (bicyclic) bond motifs is 1. The molecule has 1 heteroatoms. The Kier molecular flexibility index (Phi) is 3.99. The first-order chi connectivity index (χ1) is 11.2. The van der Waals surface area contributed by atoms with Crippen LogP contribution in [0.5, 0.6) is 0 Å². The number of nitrogens with zero attached hydrogens (tertiary/aromatic N) is 1. The van der Waals surface area contributed by atoms with Gasteiger partial charge in [-0.1, -0.05) is 50.6 Å². The molecular weight excluding hydrogens is 290 g/mol. The molecule has 0 radical (unpaired) electrons. The first-order valence-corrected chi connectivity index (χ1v) is 8.70. The Morgan fingerprint density at radius 2 is 1.33 bits per heavy atom. The molecule has 3 rings (SSSR count). The predicted octanol–water partition coefficient (Wildman–Crippen LogP) is 5.51. The summed E-state index contributed by atoms with van der Waals surface area (Å²) in [5.41, 5.74) is 10.8. The lowest BCUT2D eigenvalue weighted by atomic mass is 9.84. The van der Waals surface area contributed by atoms with E-state index in [0.29, 0.717) is 0 Å². The summed E-state index contributed by atoms with van der Waals surface area (Å²) < 4.78 is 2.25. The number of aromatic nitrogens is 1. The molecule has 0 spiro atoms. The van der Waals surface area contributed by atoms with Crippen molar-refractivity contribution >= 4 is 0 Å². The molecule has 24 heavy (non-hydrogen) atoms. The van der Waals surface area contributed by atoms with E-state index in [9.17, 15) is 0 Å². The third-order valence-corrected chi connectivity index (χ3v) is 5.07. The topological polar surface area (TPSA) is 3.88 Å². The third kappa shape index (κ3) is 2.84. The van der Waals surface area contributed by atoms with E-state index in [1.165, 1.54) is 44.8 Å². The molecule has 0 saturated carbocycles. The number of pyridine rings is 1. The van der Waals surface area contributed by atoms with Crippen molar-refractivity contribution in [1.82, 2.24) is 0 Å². The fourth-order valence-corrected chi connectivity index (χ4v) is 3.41. The van der Waals surface area contributed by atoms with Crippen LogP contribution in [0.1, 0.15) is 43.3 Å². The second-order valence-corrected chi connectivity index (χ2v) is 8.05. The summed E-state index contributed by atoms with van der Waals surface area (Å²) in [5.74, 6) is 0. The van der Waals surface area contributed by atoms with Gasteiger partial charge in [0.1, 0.15) is 7.05 Å². The van der Waals surface area contributed by atoms with Gasteiger partial charge in [-0.2, -0.15) is 0 Å². The van der Waals surface area contributed by atoms with E-state index in [0.717, 1.165) is 0 Å². The minimum Gasteiger partial charge on any atom is -0.203 e. The SMILES string of the molecule is Cc1ccc2cc(C(C)(C)C)c(-c3cc(C)[n+](C)c(C)c3)c-2cc1. The van der Waals surface area contributed by atoms with E-state index in [-0.39, 0.29) is 5.41 Å². The Morgan fingerprint density at radius 3 is 1.92 bits per heavy atom. The van der Waals surface area contributed by atoms with Crippen molar-refractivity contribution in [1.29, 1.82) is 0 Å². The normalized spacial score (nSPS) is 12.0. The zero-order valence-corrected chi connectivity index (χ0v) is 16.0. The largest absolute Gasteiger partial charge is 0.203 e. The van der Waals surface area contributed by atoms with Crippen molar-refractivity contribution in [2.24, 2.45) is 7.05 Å². The van der Waals surface area contributed by atoms with Crippen molar-refractivity contribution in [3.8, 4) is 22.3 Å². The molecule has 0 saturated heterocycles. The minimum absolute atomic E-state index is 0.113. The highest BCUT2D eigenvalue weighted by atomic mass is 14.9. The van der Waals surface area contributed by atoms with E-state index in [1.807, 2.05) is 0 Å². The summed E-state index contributed by atoms with van der Waals surface area (Å²) in [6.45, 7) is 13.4. The van der Waals surface area contributed by atoms with Gasteiger partial charge in [-0.05, 0) is 46.2 Å². The summed E-state index contributed by atoms with van der Waals surface area (Å²) in [4.78, 5) is 0. The summed E-state index contributed by atoms with van der Waals surface area (Å²) in [7, 11) is 2.13. The van der Waals surface area contributed by atoms with Crippen molar-refractivity contribution in [3.05, 3.63) is 65.0 Å². The van der Waals surface area contributed by atoms with E-state index in [4.69, 9.17) is 0 Å². The lowest BCUT2D eigenvalue weighted by Crippen LogP contribution is -2.35. The first-order valence-electron chi connectivity index (χ1n) is 8.70. The summed E-state index contributed by atoms with van der Waals surface area (Å²) >= 11 is 0. The molecule has 2 aliphatic carbocycles. The van der Waals surface area contributed by atoms with E-state index >= 15 is 0 Å². The molecule has 0 aromatic carbocycles. The van der Waals surface area contributed by atoms with Crippen LogP contribution in [-0.2, 0) is 12.5 Å². The van der Waals surface area contributed by atoms with Crippen molar-refractivity contribution < 1.29 is 4.57 Å². The number of rotatable bonds is 1. The van der Waals surface area contributed by atoms with Gasteiger partial charge in [0.15, 0.2) is 11.4 Å². The van der Waals surface area contributed by atoms with Crippen LogP contribution in [0.2, 0.25) is 0 Å². The highest BCUT2D eigenvalue weighted by Crippen LogP contribution is 2.44. The molecule has 0 unspecified atom stereocenters. The molecule has 0 N–H and O–H groups in total. The van der Waals surface area contributed by atoms with Gasteiger partial charge >= 0.3 is 0 Å². The number of hydrogen-bond acceptors (Lipinski definition) is 0. The van der Waals surface area contributed by atoms with Crippen LogP contribution in [0.4, 0.5) is 0 Å². The first kappa shape index (κ1) is 16.7. The van der Waals surface area contributed by atoms with Gasteiger partial charge in [-0.3, -0.25) is 0 Å². The van der Waals surface area contributed by atoms with Gasteiger partial charge in [0.2, 0.25) is 0 Å². The van der Waals surface area contributed by atoms with Gasteiger partial charge in [-0.15, -0.1) is 0 Å². The quantitative estimate of drug-likeness (QED) is 0.521. The van der Waals surface area contributed by atoms with E-state index in [2.05, 4.69) is 95.6 Å². The fraction of sp³-hybridized carbons (Fsp3) is 0.348. The van der Waals surface area contributed by atoms with Crippen LogP contribution in [0.3, 0.4) is 0 Å². The highest BCUT2D eigenvalue weighted by Gasteiger charge is 2.26. The second kappa shape index (κ2) is 5.73. The Labute approximate surface area is 146 Å². The molecule has 1 heterocycles. The Morgan fingerprint density at radius 1 is 0.750 bits per heavy atom. The zero-order chi connectivity index (χ0) is 17.6. The number of hydrogen-bond donors (Lipinski definition) is 0. The predicted molar refractivity (Wildman–Crippen MR) is 103 cm³/mol. The smallest absolute Gasteiger partial charge is 0.178 e. The van der Waals surface area contributed by atoms with Crippen molar-refractivity contribution in [2.75, 3.05) is 0 Å². The fourth-order valence-electron chi connectivity index (χ4n) is 3.41. The van der Waals surface area contributed by atoms with Crippen molar-refractivity contribution in [3.63, 3.8) is 0 Å². The second-order valence-electron chi connectivity index (χ2n) is 8.05.